The molecule has 10 heteroatoms. The summed E-state index contributed by atoms with van der Waals surface area (Å²) in [6, 6.07) is 23.2. The number of carbonyl (C=O) groups is 1. The molecule has 0 bridgehead atoms. The van der Waals surface area contributed by atoms with Crippen molar-refractivity contribution in [3.05, 3.63) is 100 Å². The number of nitrogens with zero attached hydrogens (tertiary/aromatic N) is 4. The van der Waals surface area contributed by atoms with Gasteiger partial charge in [-0.25, -0.2) is 4.79 Å². The third-order valence-electron chi connectivity index (χ3n) is 5.90. The van der Waals surface area contributed by atoms with Crippen LogP contribution in [0.1, 0.15) is 35.7 Å². The fraction of sp³-hybridized carbons (Fsp3) is 0.148. The number of anilines is 1. The number of hydrogen-bond donors (Lipinski definition) is 2. The summed E-state index contributed by atoms with van der Waals surface area (Å²) in [7, 11) is 0. The zero-order valence-electron chi connectivity index (χ0n) is 20.1. The lowest BCUT2D eigenvalue weighted by Crippen LogP contribution is -2.17. The number of halogens is 1. The van der Waals surface area contributed by atoms with Gasteiger partial charge < -0.3 is 9.26 Å². The van der Waals surface area contributed by atoms with Crippen molar-refractivity contribution in [2.45, 2.75) is 26.4 Å². The molecule has 1 atom stereocenters. The van der Waals surface area contributed by atoms with Crippen molar-refractivity contribution in [2.24, 2.45) is 0 Å². The Hall–Kier alpha value is -4.50. The van der Waals surface area contributed by atoms with Crippen LogP contribution in [0.3, 0.4) is 0 Å². The standard InChI is InChI=1S/C27H23ClN6O3/c1-16-25(29-27(35)36-17(2)22-5-3-4-6-23(22)28)26(37-32-16)21-13-11-20(12-14-21)19-9-7-18(8-10-19)15-24-30-33-34-31-24/h3-14,17H,15H2,1-2H3,(H,29,35)(H,30,31,33,34). The maximum Gasteiger partial charge on any atom is 0.412 e. The number of H-pyrrole nitrogens is 1. The molecule has 0 aliphatic carbocycles. The van der Waals surface area contributed by atoms with Gasteiger partial charge in [-0.15, -0.1) is 10.2 Å². The van der Waals surface area contributed by atoms with E-state index in [1.54, 1.807) is 19.9 Å². The second kappa shape index (κ2) is 10.6. The predicted molar refractivity (Wildman–Crippen MR) is 139 cm³/mol. The molecule has 0 saturated carbocycles. The Morgan fingerprint density at radius 2 is 1.70 bits per heavy atom. The predicted octanol–water partition coefficient (Wildman–Crippen LogP) is 6.38. The molecule has 0 radical (unpaired) electrons. The largest absolute Gasteiger partial charge is 0.441 e. The summed E-state index contributed by atoms with van der Waals surface area (Å²) in [6.45, 7) is 3.52. The third kappa shape index (κ3) is 5.52. The van der Waals surface area contributed by atoms with Gasteiger partial charge in [-0.1, -0.05) is 88.7 Å². The molecular formula is C27H23ClN6O3. The van der Waals surface area contributed by atoms with E-state index >= 15 is 0 Å². The SMILES string of the molecule is Cc1noc(-c2ccc(-c3ccc(Cc4nn[nH]n4)cc3)cc2)c1NC(=O)OC(C)c1ccccc1Cl. The highest BCUT2D eigenvalue weighted by molar-refractivity contribution is 6.31. The molecule has 0 saturated heterocycles. The Balaban J connectivity index is 1.28. The van der Waals surface area contributed by atoms with Gasteiger partial charge in [0.15, 0.2) is 11.6 Å². The van der Waals surface area contributed by atoms with Crippen LogP contribution in [-0.4, -0.2) is 31.9 Å². The summed E-state index contributed by atoms with van der Waals surface area (Å²) in [4.78, 5) is 12.6. The number of ether oxygens (including phenoxy) is 1. The van der Waals surface area contributed by atoms with Crippen molar-refractivity contribution in [3.8, 4) is 22.5 Å². The molecule has 2 aromatic heterocycles. The fourth-order valence-corrected chi connectivity index (χ4v) is 4.23. The molecule has 3 aromatic carbocycles. The molecular weight excluding hydrogens is 492 g/mol. The van der Waals surface area contributed by atoms with Gasteiger partial charge in [0.1, 0.15) is 17.5 Å². The Morgan fingerprint density at radius 3 is 2.38 bits per heavy atom. The highest BCUT2D eigenvalue weighted by atomic mass is 35.5. The summed E-state index contributed by atoms with van der Waals surface area (Å²) in [5.74, 6) is 1.09. The smallest absolute Gasteiger partial charge is 0.412 e. The Bertz CT molecular complexity index is 1500. The molecule has 0 aliphatic heterocycles. The molecule has 0 aliphatic rings. The molecule has 9 nitrogen and oxygen atoms in total. The van der Waals surface area contributed by atoms with Crippen LogP contribution in [-0.2, 0) is 11.2 Å². The van der Waals surface area contributed by atoms with Gasteiger partial charge in [-0.2, -0.15) is 5.21 Å². The molecule has 0 spiro atoms. The van der Waals surface area contributed by atoms with E-state index in [2.05, 4.69) is 31.1 Å². The lowest BCUT2D eigenvalue weighted by Gasteiger charge is -2.15. The first-order valence-electron chi connectivity index (χ1n) is 11.6. The number of carbonyl (C=O) groups excluding carboxylic acids is 1. The minimum Gasteiger partial charge on any atom is -0.441 e. The number of tetrazole rings is 1. The van der Waals surface area contributed by atoms with Crippen LogP contribution < -0.4 is 5.32 Å². The number of benzene rings is 3. The number of hydrogen-bond acceptors (Lipinski definition) is 7. The quantitative estimate of drug-likeness (QED) is 0.258. The van der Waals surface area contributed by atoms with E-state index in [9.17, 15) is 4.79 Å². The van der Waals surface area contributed by atoms with Crippen molar-refractivity contribution in [3.63, 3.8) is 0 Å². The number of nitrogens with one attached hydrogen (secondary N) is 2. The zero-order valence-corrected chi connectivity index (χ0v) is 20.9. The molecule has 2 heterocycles. The number of aromatic amines is 1. The number of aryl methyl sites for hydroxylation is 1. The van der Waals surface area contributed by atoms with Crippen LogP contribution in [0.5, 0.6) is 0 Å². The number of rotatable bonds is 7. The van der Waals surface area contributed by atoms with Crippen LogP contribution in [0.15, 0.2) is 77.3 Å². The topological polar surface area (TPSA) is 119 Å². The number of aromatic nitrogens is 5. The summed E-state index contributed by atoms with van der Waals surface area (Å²) >= 11 is 6.22. The Morgan fingerprint density at radius 1 is 1.03 bits per heavy atom. The Labute approximate surface area is 217 Å². The molecule has 5 rings (SSSR count). The van der Waals surface area contributed by atoms with Crippen molar-refractivity contribution in [1.82, 2.24) is 25.8 Å². The van der Waals surface area contributed by atoms with E-state index in [-0.39, 0.29) is 0 Å². The van der Waals surface area contributed by atoms with Crippen LogP contribution in [0, 0.1) is 6.92 Å². The first-order valence-corrected chi connectivity index (χ1v) is 12.0. The van der Waals surface area contributed by atoms with Crippen LogP contribution in [0.4, 0.5) is 10.5 Å². The summed E-state index contributed by atoms with van der Waals surface area (Å²) < 4.78 is 11.1. The molecule has 2 N–H and O–H groups in total. The lowest BCUT2D eigenvalue weighted by atomic mass is 10.0. The maximum absolute atomic E-state index is 12.6. The van der Waals surface area contributed by atoms with E-state index < -0.39 is 12.2 Å². The van der Waals surface area contributed by atoms with E-state index in [1.807, 2.05) is 66.7 Å². The van der Waals surface area contributed by atoms with E-state index in [0.717, 1.165) is 27.8 Å². The van der Waals surface area contributed by atoms with Crippen molar-refractivity contribution >= 4 is 23.4 Å². The van der Waals surface area contributed by atoms with Gasteiger partial charge in [0, 0.05) is 22.6 Å². The van der Waals surface area contributed by atoms with Gasteiger partial charge in [-0.05, 0) is 36.6 Å². The van der Waals surface area contributed by atoms with Gasteiger partial charge >= 0.3 is 6.09 Å². The zero-order chi connectivity index (χ0) is 25.8. The normalized spacial score (nSPS) is 11.8. The summed E-state index contributed by atoms with van der Waals surface area (Å²) in [5.41, 5.74) is 5.67. The van der Waals surface area contributed by atoms with E-state index in [4.69, 9.17) is 20.9 Å². The van der Waals surface area contributed by atoms with Crippen molar-refractivity contribution < 1.29 is 14.1 Å². The van der Waals surface area contributed by atoms with Gasteiger partial charge in [0.2, 0.25) is 0 Å². The van der Waals surface area contributed by atoms with Gasteiger partial charge in [-0.3, -0.25) is 5.32 Å². The maximum atomic E-state index is 12.6. The summed E-state index contributed by atoms with van der Waals surface area (Å²) in [6.07, 6.45) is -0.552. The van der Waals surface area contributed by atoms with E-state index in [0.29, 0.717) is 34.4 Å². The summed E-state index contributed by atoms with van der Waals surface area (Å²) in [5, 5.41) is 21.4. The highest BCUT2D eigenvalue weighted by Gasteiger charge is 2.20. The van der Waals surface area contributed by atoms with Crippen molar-refractivity contribution in [1.29, 1.82) is 0 Å². The monoisotopic (exact) mass is 514 g/mol. The highest BCUT2D eigenvalue weighted by Crippen LogP contribution is 2.33. The minimum absolute atomic E-state index is 0.446. The number of amides is 1. The molecule has 0 fully saturated rings. The second-order valence-corrected chi connectivity index (χ2v) is 8.85. The van der Waals surface area contributed by atoms with E-state index in [1.165, 1.54) is 0 Å². The van der Waals surface area contributed by atoms with Crippen LogP contribution in [0.25, 0.3) is 22.5 Å². The van der Waals surface area contributed by atoms with Crippen LogP contribution >= 0.6 is 11.6 Å². The van der Waals surface area contributed by atoms with Gasteiger partial charge in [0.25, 0.3) is 0 Å². The van der Waals surface area contributed by atoms with Crippen molar-refractivity contribution in [2.75, 3.05) is 5.32 Å². The molecule has 37 heavy (non-hydrogen) atoms. The van der Waals surface area contributed by atoms with Crippen LogP contribution in [0.2, 0.25) is 5.02 Å². The molecule has 1 unspecified atom stereocenters. The molecule has 186 valence electrons. The molecule has 5 aromatic rings. The second-order valence-electron chi connectivity index (χ2n) is 8.45. The third-order valence-corrected chi connectivity index (χ3v) is 6.25. The average Bonchev–Trinajstić information content (AvgIpc) is 3.55. The first kappa shape index (κ1) is 24.2. The fourth-order valence-electron chi connectivity index (χ4n) is 3.94. The van der Waals surface area contributed by atoms with Gasteiger partial charge in [0.05, 0.1) is 0 Å². The lowest BCUT2D eigenvalue weighted by molar-refractivity contribution is 0.121. The first-order chi connectivity index (χ1) is 18.0. The minimum atomic E-state index is -0.627. The average molecular weight is 515 g/mol. The molecule has 1 amide bonds. The Kier molecular flexibility index (Phi) is 6.96.